The first-order chi connectivity index (χ1) is 21.5. The predicted octanol–water partition coefficient (Wildman–Crippen LogP) is 7.08. The molecular weight excluding hydrogens is 674 g/mol. The molecule has 4 rings (SSSR count). The highest BCUT2D eigenvalue weighted by atomic mass is 79.9. The van der Waals surface area contributed by atoms with Crippen LogP contribution >= 0.6 is 27.5 Å². The van der Waals surface area contributed by atoms with E-state index in [1.54, 1.807) is 12.1 Å². The fourth-order valence-corrected chi connectivity index (χ4v) is 6.87. The quantitative estimate of drug-likeness (QED) is 0.161. The van der Waals surface area contributed by atoms with E-state index in [-0.39, 0.29) is 23.8 Å². The van der Waals surface area contributed by atoms with Crippen LogP contribution in [0.3, 0.4) is 0 Å². The molecule has 0 radical (unpaired) electrons. The number of hydrogen-bond acceptors (Lipinski definition) is 4. The SMILES string of the molecule is CCCNC(=O)[C@H](Cc1ccccc1)N(Cc1cccc(Br)c1)C(=O)CN(c1ccc(C)c(C)c1)S(=O)(=O)c1ccc(Cl)cc1. The van der Waals surface area contributed by atoms with Crippen LogP contribution in [-0.2, 0) is 32.6 Å². The minimum Gasteiger partial charge on any atom is -0.354 e. The maximum Gasteiger partial charge on any atom is 0.264 e. The van der Waals surface area contributed by atoms with Crippen molar-refractivity contribution in [2.75, 3.05) is 17.4 Å². The Kier molecular flexibility index (Phi) is 11.8. The van der Waals surface area contributed by atoms with Gasteiger partial charge in [-0.25, -0.2) is 8.42 Å². The third kappa shape index (κ3) is 8.96. The van der Waals surface area contributed by atoms with Gasteiger partial charge in [-0.2, -0.15) is 0 Å². The molecule has 0 bridgehead atoms. The Morgan fingerprint density at radius 2 is 1.56 bits per heavy atom. The van der Waals surface area contributed by atoms with Gasteiger partial charge in [-0.05, 0) is 91.1 Å². The Bertz CT molecular complexity index is 1730. The molecule has 45 heavy (non-hydrogen) atoms. The molecule has 2 amide bonds. The Labute approximate surface area is 279 Å². The van der Waals surface area contributed by atoms with E-state index in [1.807, 2.05) is 81.4 Å². The number of carbonyl (C=O) groups excluding carboxylic acids is 2. The molecule has 0 aliphatic heterocycles. The smallest absolute Gasteiger partial charge is 0.264 e. The molecule has 1 N–H and O–H groups in total. The van der Waals surface area contributed by atoms with Gasteiger partial charge in [-0.15, -0.1) is 0 Å². The molecule has 0 saturated carbocycles. The number of benzene rings is 4. The van der Waals surface area contributed by atoms with E-state index in [1.165, 1.54) is 29.2 Å². The van der Waals surface area contributed by atoms with Crippen molar-refractivity contribution in [1.82, 2.24) is 10.2 Å². The second-order valence-corrected chi connectivity index (χ2v) is 14.1. The van der Waals surface area contributed by atoms with Crippen molar-refractivity contribution < 1.29 is 18.0 Å². The summed E-state index contributed by atoms with van der Waals surface area (Å²) in [5, 5.41) is 3.35. The van der Waals surface area contributed by atoms with Crippen LogP contribution < -0.4 is 9.62 Å². The maximum atomic E-state index is 14.5. The number of aryl methyl sites for hydroxylation is 2. The number of rotatable bonds is 13. The summed E-state index contributed by atoms with van der Waals surface area (Å²) in [6.07, 6.45) is 0.979. The first kappa shape index (κ1) is 34.2. The summed E-state index contributed by atoms with van der Waals surface area (Å²) < 4.78 is 30.3. The molecule has 0 fully saturated rings. The second kappa shape index (κ2) is 15.6. The van der Waals surface area contributed by atoms with E-state index in [2.05, 4.69) is 21.2 Å². The van der Waals surface area contributed by atoms with Crippen LogP contribution in [-0.4, -0.2) is 44.3 Å². The van der Waals surface area contributed by atoms with Gasteiger partial charge in [-0.1, -0.05) is 83.0 Å². The van der Waals surface area contributed by atoms with Crippen LogP contribution in [0.2, 0.25) is 5.02 Å². The summed E-state index contributed by atoms with van der Waals surface area (Å²) in [6, 6.07) is 27.2. The van der Waals surface area contributed by atoms with Crippen LogP contribution in [0.15, 0.2) is 106 Å². The highest BCUT2D eigenvalue weighted by Crippen LogP contribution is 2.28. The van der Waals surface area contributed by atoms with E-state index in [9.17, 15) is 18.0 Å². The number of nitrogens with zero attached hydrogens (tertiary/aromatic N) is 2. The molecule has 4 aromatic rings. The van der Waals surface area contributed by atoms with Gasteiger partial charge in [0.1, 0.15) is 12.6 Å². The average molecular weight is 711 g/mol. The number of sulfonamides is 1. The zero-order valence-electron chi connectivity index (χ0n) is 25.5. The summed E-state index contributed by atoms with van der Waals surface area (Å²) in [4.78, 5) is 29.7. The van der Waals surface area contributed by atoms with E-state index in [0.717, 1.165) is 37.5 Å². The Morgan fingerprint density at radius 1 is 0.867 bits per heavy atom. The Hall–Kier alpha value is -3.66. The Morgan fingerprint density at radius 3 is 2.20 bits per heavy atom. The first-order valence-electron chi connectivity index (χ1n) is 14.7. The van der Waals surface area contributed by atoms with Gasteiger partial charge >= 0.3 is 0 Å². The summed E-state index contributed by atoms with van der Waals surface area (Å²) in [5.41, 5.74) is 3.88. The number of anilines is 1. The molecule has 236 valence electrons. The second-order valence-electron chi connectivity index (χ2n) is 10.9. The van der Waals surface area contributed by atoms with E-state index >= 15 is 0 Å². The topological polar surface area (TPSA) is 86.8 Å². The average Bonchev–Trinajstić information content (AvgIpc) is 3.02. The largest absolute Gasteiger partial charge is 0.354 e. The fraction of sp³-hybridized carbons (Fsp3) is 0.257. The lowest BCUT2D eigenvalue weighted by Gasteiger charge is -2.34. The van der Waals surface area contributed by atoms with E-state index < -0.39 is 28.5 Å². The van der Waals surface area contributed by atoms with Crippen molar-refractivity contribution in [3.63, 3.8) is 0 Å². The van der Waals surface area contributed by atoms with E-state index in [4.69, 9.17) is 11.6 Å². The minimum atomic E-state index is -4.21. The maximum absolute atomic E-state index is 14.5. The predicted molar refractivity (Wildman–Crippen MR) is 184 cm³/mol. The fourth-order valence-electron chi connectivity index (χ4n) is 4.90. The molecule has 0 aliphatic carbocycles. The highest BCUT2D eigenvalue weighted by Gasteiger charge is 2.34. The lowest BCUT2D eigenvalue weighted by molar-refractivity contribution is -0.140. The van der Waals surface area contributed by atoms with Gasteiger partial charge < -0.3 is 10.2 Å². The molecule has 10 heteroatoms. The van der Waals surface area contributed by atoms with Crippen LogP contribution in [0.1, 0.15) is 35.6 Å². The molecule has 0 saturated heterocycles. The minimum absolute atomic E-state index is 0.00186. The van der Waals surface area contributed by atoms with Gasteiger partial charge in [0.2, 0.25) is 11.8 Å². The zero-order chi connectivity index (χ0) is 32.6. The first-order valence-corrected chi connectivity index (χ1v) is 17.3. The number of amides is 2. The molecule has 0 aliphatic rings. The van der Waals surface area contributed by atoms with E-state index in [0.29, 0.717) is 17.3 Å². The molecule has 7 nitrogen and oxygen atoms in total. The summed E-state index contributed by atoms with van der Waals surface area (Å²) in [7, 11) is -4.21. The van der Waals surface area contributed by atoms with Crippen LogP contribution in [0.5, 0.6) is 0 Å². The molecule has 0 heterocycles. The van der Waals surface area contributed by atoms with Gasteiger partial charge in [0.15, 0.2) is 0 Å². The number of nitrogens with one attached hydrogen (secondary N) is 1. The molecule has 1 atom stereocenters. The van der Waals surface area contributed by atoms with Gasteiger partial charge in [0, 0.05) is 29.0 Å². The Balaban J connectivity index is 1.81. The monoisotopic (exact) mass is 709 g/mol. The molecule has 0 spiro atoms. The lowest BCUT2D eigenvalue weighted by atomic mass is 10.0. The van der Waals surface area contributed by atoms with Crippen molar-refractivity contribution in [1.29, 1.82) is 0 Å². The van der Waals surface area contributed by atoms with Gasteiger partial charge in [0.25, 0.3) is 10.0 Å². The molecular formula is C35H37BrClN3O4S. The van der Waals surface area contributed by atoms with Crippen LogP contribution in [0.4, 0.5) is 5.69 Å². The van der Waals surface area contributed by atoms with Crippen molar-refractivity contribution in [2.45, 2.75) is 51.1 Å². The van der Waals surface area contributed by atoms with Crippen LogP contribution in [0.25, 0.3) is 0 Å². The van der Waals surface area contributed by atoms with Crippen molar-refractivity contribution >= 4 is 55.1 Å². The number of halogens is 2. The summed E-state index contributed by atoms with van der Waals surface area (Å²) >= 11 is 9.57. The number of carbonyl (C=O) groups is 2. The van der Waals surface area contributed by atoms with Gasteiger partial charge in [-0.3, -0.25) is 13.9 Å². The third-order valence-electron chi connectivity index (χ3n) is 7.52. The molecule has 0 unspecified atom stereocenters. The lowest BCUT2D eigenvalue weighted by Crippen LogP contribution is -2.53. The normalized spacial score (nSPS) is 11.9. The summed E-state index contributed by atoms with van der Waals surface area (Å²) in [5.74, 6) is -0.819. The molecule has 0 aromatic heterocycles. The standard InChI is InChI=1S/C35H37BrClN3O4S/c1-4-19-38-35(42)33(22-27-9-6-5-7-10-27)39(23-28-11-8-12-29(36)21-28)34(41)24-40(31-16-13-25(2)26(3)20-31)45(43,44)32-17-14-30(37)15-18-32/h5-18,20-21,33H,4,19,22-24H2,1-3H3,(H,38,42)/t33-/m0/s1. The highest BCUT2D eigenvalue weighted by molar-refractivity contribution is 9.10. The van der Waals surface area contributed by atoms with Crippen molar-refractivity contribution in [2.24, 2.45) is 0 Å². The van der Waals surface area contributed by atoms with Gasteiger partial charge in [0.05, 0.1) is 10.6 Å². The zero-order valence-corrected chi connectivity index (χ0v) is 28.7. The molecule has 4 aromatic carbocycles. The van der Waals surface area contributed by atoms with Crippen molar-refractivity contribution in [3.05, 3.63) is 129 Å². The van der Waals surface area contributed by atoms with Crippen LogP contribution in [0, 0.1) is 13.8 Å². The van der Waals surface area contributed by atoms with Crippen molar-refractivity contribution in [3.8, 4) is 0 Å². The third-order valence-corrected chi connectivity index (χ3v) is 10.1. The summed E-state index contributed by atoms with van der Waals surface area (Å²) in [6.45, 7) is 5.81. The number of hydrogen-bond donors (Lipinski definition) is 1.